The summed E-state index contributed by atoms with van der Waals surface area (Å²) >= 11 is 2.97. The van der Waals surface area contributed by atoms with Crippen LogP contribution in [0.3, 0.4) is 0 Å². The molecule has 0 spiro atoms. The Hall–Kier alpha value is -1.92. The van der Waals surface area contributed by atoms with Gasteiger partial charge in [-0.15, -0.1) is 11.3 Å². The van der Waals surface area contributed by atoms with Gasteiger partial charge in [-0.1, -0.05) is 17.4 Å². The second kappa shape index (κ2) is 4.64. The number of ether oxygens (including phenoxy) is 1. The Bertz CT molecular complexity index is 747. The number of hydrogen-bond acceptors (Lipinski definition) is 5. The average Bonchev–Trinajstić information content (AvgIpc) is 3.06. The van der Waals surface area contributed by atoms with Crippen molar-refractivity contribution < 1.29 is 14.5 Å². The van der Waals surface area contributed by atoms with E-state index in [-0.39, 0.29) is 0 Å². The van der Waals surface area contributed by atoms with E-state index in [9.17, 15) is 4.79 Å². The Morgan fingerprint density at radius 3 is 2.89 bits per heavy atom. The molecular formula is C13H11N2O2S2+. The number of fused-ring (bicyclic) bond motifs is 1. The number of nitrogens with two attached hydrogens (primary N) is 1. The van der Waals surface area contributed by atoms with Crippen LogP contribution in [0, 0.1) is 0 Å². The first kappa shape index (κ1) is 12.1. The maximum Gasteiger partial charge on any atom is 0.350 e. The quantitative estimate of drug-likeness (QED) is 0.738. The highest BCUT2D eigenvalue weighted by atomic mass is 32.1. The van der Waals surface area contributed by atoms with Gasteiger partial charge in [0.1, 0.15) is 4.88 Å². The summed E-state index contributed by atoms with van der Waals surface area (Å²) in [5.41, 5.74) is 7.46. The molecule has 0 fully saturated rings. The molecule has 0 radical (unpaired) electrons. The van der Waals surface area contributed by atoms with E-state index in [1.165, 1.54) is 18.4 Å². The van der Waals surface area contributed by atoms with Crippen molar-refractivity contribution in [3.63, 3.8) is 0 Å². The number of anilines is 1. The molecule has 19 heavy (non-hydrogen) atoms. The van der Waals surface area contributed by atoms with Crippen LogP contribution in [0.2, 0.25) is 0 Å². The number of esters is 1. The van der Waals surface area contributed by atoms with Crippen molar-refractivity contribution in [2.45, 2.75) is 0 Å². The Kier molecular flexibility index (Phi) is 2.96. The molecule has 0 saturated carbocycles. The number of nitrogens with one attached hydrogen (secondary N) is 1. The highest BCUT2D eigenvalue weighted by Gasteiger charge is 2.21. The van der Waals surface area contributed by atoms with Gasteiger partial charge in [0.2, 0.25) is 5.69 Å². The molecule has 0 saturated heterocycles. The number of pyridine rings is 1. The van der Waals surface area contributed by atoms with E-state index in [2.05, 4.69) is 4.98 Å². The van der Waals surface area contributed by atoms with Crippen LogP contribution < -0.4 is 10.7 Å². The fraction of sp³-hybridized carbons (Fsp3) is 0.0769. The monoisotopic (exact) mass is 291 g/mol. The van der Waals surface area contributed by atoms with Crippen LogP contribution in [-0.2, 0) is 4.74 Å². The van der Waals surface area contributed by atoms with Gasteiger partial charge in [-0.25, -0.2) is 4.79 Å². The molecule has 0 aliphatic carbocycles. The van der Waals surface area contributed by atoms with Crippen molar-refractivity contribution in [3.05, 3.63) is 34.5 Å². The number of rotatable bonds is 2. The summed E-state index contributed by atoms with van der Waals surface area (Å²) in [6, 6.07) is 7.94. The van der Waals surface area contributed by atoms with Gasteiger partial charge in [0, 0.05) is 6.07 Å². The number of aromatic amines is 1. The van der Waals surface area contributed by atoms with Crippen LogP contribution in [0.1, 0.15) is 9.67 Å². The van der Waals surface area contributed by atoms with E-state index in [4.69, 9.17) is 10.5 Å². The first-order chi connectivity index (χ1) is 9.20. The SMILES string of the molecule is COC(=O)c1sc2[nH+]c(-c3cccs3)ccc2c1N. The lowest BCUT2D eigenvalue weighted by Gasteiger charge is -1.94. The minimum Gasteiger partial charge on any atom is -0.465 e. The maximum atomic E-state index is 11.6. The number of aromatic nitrogens is 1. The minimum absolute atomic E-state index is 0.398. The predicted molar refractivity (Wildman–Crippen MR) is 77.4 cm³/mol. The third-order valence-corrected chi connectivity index (χ3v) is 4.83. The van der Waals surface area contributed by atoms with Crippen LogP contribution in [-0.4, -0.2) is 13.1 Å². The molecule has 4 nitrogen and oxygen atoms in total. The number of carbonyl (C=O) groups excluding carboxylic acids is 1. The third kappa shape index (κ3) is 1.98. The number of nitrogen functional groups attached to an aromatic ring is 1. The van der Waals surface area contributed by atoms with Crippen LogP contribution in [0.25, 0.3) is 20.8 Å². The molecular weight excluding hydrogens is 280 g/mol. The lowest BCUT2D eigenvalue weighted by Crippen LogP contribution is -2.05. The highest BCUT2D eigenvalue weighted by molar-refractivity contribution is 7.20. The second-order valence-electron chi connectivity index (χ2n) is 3.93. The fourth-order valence-electron chi connectivity index (χ4n) is 1.87. The largest absolute Gasteiger partial charge is 0.465 e. The molecule has 0 aliphatic rings. The van der Waals surface area contributed by atoms with Gasteiger partial charge in [-0.3, -0.25) is 0 Å². The molecule has 3 aromatic heterocycles. The zero-order valence-corrected chi connectivity index (χ0v) is 11.7. The standard InChI is InChI=1S/C13H10N2O2S2/c1-17-13(16)11-10(14)7-4-5-8(15-12(7)19-11)9-3-2-6-18-9/h2-6H,14H2,1H3/p+1. The summed E-state index contributed by atoms with van der Waals surface area (Å²) in [5, 5.41) is 2.88. The van der Waals surface area contributed by atoms with Crippen molar-refractivity contribution in [2.75, 3.05) is 12.8 Å². The zero-order chi connectivity index (χ0) is 13.4. The van der Waals surface area contributed by atoms with Gasteiger partial charge in [0.05, 0.1) is 23.1 Å². The van der Waals surface area contributed by atoms with Crippen LogP contribution >= 0.6 is 22.7 Å². The summed E-state index contributed by atoms with van der Waals surface area (Å²) in [6.07, 6.45) is 0. The predicted octanol–water partition coefficient (Wildman–Crippen LogP) is 2.81. The van der Waals surface area contributed by atoms with Crippen molar-refractivity contribution in [1.29, 1.82) is 0 Å². The van der Waals surface area contributed by atoms with Crippen molar-refractivity contribution in [1.82, 2.24) is 0 Å². The molecule has 0 aromatic carbocycles. The Morgan fingerprint density at radius 2 is 2.21 bits per heavy atom. The molecule has 0 aliphatic heterocycles. The average molecular weight is 291 g/mol. The molecule has 3 rings (SSSR count). The van der Waals surface area contributed by atoms with Gasteiger partial charge in [-0.2, -0.15) is 4.98 Å². The second-order valence-corrected chi connectivity index (χ2v) is 5.90. The highest BCUT2D eigenvalue weighted by Crippen LogP contribution is 2.33. The number of carbonyl (C=O) groups is 1. The summed E-state index contributed by atoms with van der Waals surface area (Å²) in [4.78, 5) is 17.4. The molecule has 0 amide bonds. The Balaban J connectivity index is 2.17. The van der Waals surface area contributed by atoms with Crippen LogP contribution in [0.5, 0.6) is 0 Å². The maximum absolute atomic E-state index is 11.6. The van der Waals surface area contributed by atoms with E-state index >= 15 is 0 Å². The topological polar surface area (TPSA) is 66.5 Å². The molecule has 96 valence electrons. The molecule has 0 unspecified atom stereocenters. The lowest BCUT2D eigenvalue weighted by atomic mass is 10.2. The summed E-state index contributed by atoms with van der Waals surface area (Å²) in [5.74, 6) is -0.398. The molecule has 3 heterocycles. The Labute approximate surface area is 117 Å². The molecule has 6 heteroatoms. The van der Waals surface area contributed by atoms with Gasteiger partial charge in [0.15, 0.2) is 0 Å². The number of H-pyrrole nitrogens is 1. The smallest absolute Gasteiger partial charge is 0.350 e. The van der Waals surface area contributed by atoms with Crippen molar-refractivity contribution in [2.24, 2.45) is 0 Å². The summed E-state index contributed by atoms with van der Waals surface area (Å²) in [7, 11) is 1.35. The van der Waals surface area contributed by atoms with E-state index in [0.717, 1.165) is 20.8 Å². The van der Waals surface area contributed by atoms with Crippen LogP contribution in [0.4, 0.5) is 5.69 Å². The van der Waals surface area contributed by atoms with E-state index in [1.807, 2.05) is 29.6 Å². The fourth-order valence-corrected chi connectivity index (χ4v) is 3.61. The minimum atomic E-state index is -0.398. The molecule has 0 atom stereocenters. The van der Waals surface area contributed by atoms with Gasteiger partial charge < -0.3 is 10.5 Å². The number of methoxy groups -OCH3 is 1. The van der Waals surface area contributed by atoms with Crippen LogP contribution in [0.15, 0.2) is 29.6 Å². The number of thiophene rings is 2. The molecule has 3 N–H and O–H groups in total. The van der Waals surface area contributed by atoms with Gasteiger partial charge >= 0.3 is 5.97 Å². The van der Waals surface area contributed by atoms with Crippen molar-refractivity contribution >= 4 is 44.5 Å². The first-order valence-electron chi connectivity index (χ1n) is 5.57. The lowest BCUT2D eigenvalue weighted by molar-refractivity contribution is -0.327. The first-order valence-corrected chi connectivity index (χ1v) is 7.27. The van der Waals surface area contributed by atoms with Gasteiger partial charge in [-0.05, 0) is 17.5 Å². The Morgan fingerprint density at radius 1 is 1.37 bits per heavy atom. The van der Waals surface area contributed by atoms with E-state index in [0.29, 0.717) is 10.6 Å². The van der Waals surface area contributed by atoms with Crippen molar-refractivity contribution in [3.8, 4) is 10.6 Å². The molecule has 0 bridgehead atoms. The van der Waals surface area contributed by atoms with E-state index < -0.39 is 5.97 Å². The number of hydrogen-bond donors (Lipinski definition) is 1. The molecule has 3 aromatic rings. The summed E-state index contributed by atoms with van der Waals surface area (Å²) < 4.78 is 4.73. The van der Waals surface area contributed by atoms with E-state index in [1.54, 1.807) is 11.3 Å². The summed E-state index contributed by atoms with van der Waals surface area (Å²) in [6.45, 7) is 0. The van der Waals surface area contributed by atoms with Gasteiger partial charge in [0.25, 0.3) is 4.83 Å². The zero-order valence-electron chi connectivity index (χ0n) is 10.1. The normalized spacial score (nSPS) is 10.8. The third-order valence-electron chi connectivity index (χ3n) is 2.81.